The molecular formula is C35H66N2O2. The van der Waals surface area contributed by atoms with Crippen molar-refractivity contribution in [3.63, 3.8) is 0 Å². The topological polar surface area (TPSA) is 24.9 Å². The Morgan fingerprint density at radius 1 is 0.744 bits per heavy atom. The smallest absolute Gasteiger partial charge is 0.0932 e. The molecule has 0 aromatic rings. The van der Waals surface area contributed by atoms with E-state index in [1.54, 1.807) is 0 Å². The van der Waals surface area contributed by atoms with Gasteiger partial charge in [0.15, 0.2) is 0 Å². The second-order valence-electron chi connectivity index (χ2n) is 14.9. The van der Waals surface area contributed by atoms with Crippen LogP contribution in [0.3, 0.4) is 0 Å². The molecule has 0 aromatic heterocycles. The number of nitrogens with zero attached hydrogens (tertiary/aromatic N) is 2. The van der Waals surface area contributed by atoms with Gasteiger partial charge in [0.25, 0.3) is 0 Å². The van der Waals surface area contributed by atoms with Crippen LogP contribution in [0.4, 0.5) is 0 Å². The van der Waals surface area contributed by atoms with Gasteiger partial charge in [0.05, 0.1) is 24.7 Å². The zero-order chi connectivity index (χ0) is 28.7. The Bertz CT molecular complexity index is 686. The maximum Gasteiger partial charge on any atom is 0.0932 e. The van der Waals surface area contributed by atoms with E-state index in [1.807, 2.05) is 0 Å². The van der Waals surface area contributed by atoms with Gasteiger partial charge in [-0.05, 0) is 99.9 Å². The molecule has 2 aliphatic rings. The molecule has 4 nitrogen and oxygen atoms in total. The Balaban J connectivity index is 1.51. The second-order valence-corrected chi connectivity index (χ2v) is 14.9. The van der Waals surface area contributed by atoms with Crippen LogP contribution in [0, 0.1) is 22.7 Å². The van der Waals surface area contributed by atoms with Crippen LogP contribution in [-0.4, -0.2) is 62.3 Å². The Hall–Kier alpha value is -1.00. The van der Waals surface area contributed by atoms with Crippen molar-refractivity contribution in [3.8, 4) is 0 Å². The highest BCUT2D eigenvalue weighted by Gasteiger charge is 2.22. The summed E-state index contributed by atoms with van der Waals surface area (Å²) in [6, 6.07) is 0. The molecule has 39 heavy (non-hydrogen) atoms. The quantitative estimate of drug-likeness (QED) is 0.170. The van der Waals surface area contributed by atoms with Gasteiger partial charge in [0, 0.05) is 25.9 Å². The molecule has 0 spiro atoms. The van der Waals surface area contributed by atoms with Crippen LogP contribution in [0.5, 0.6) is 0 Å². The number of allylic oxidation sites excluding steroid dienone is 1. The van der Waals surface area contributed by atoms with Crippen molar-refractivity contribution in [2.45, 2.75) is 126 Å². The van der Waals surface area contributed by atoms with Gasteiger partial charge in [-0.2, -0.15) is 0 Å². The first-order valence-electron chi connectivity index (χ1n) is 16.5. The Morgan fingerprint density at radius 2 is 1.21 bits per heavy atom. The molecule has 2 fully saturated rings. The third-order valence-electron chi connectivity index (χ3n) is 8.75. The van der Waals surface area contributed by atoms with Gasteiger partial charge >= 0.3 is 0 Å². The predicted molar refractivity (Wildman–Crippen MR) is 169 cm³/mol. The number of hydrogen-bond acceptors (Lipinski definition) is 4. The van der Waals surface area contributed by atoms with Crippen LogP contribution in [0.1, 0.15) is 126 Å². The summed E-state index contributed by atoms with van der Waals surface area (Å²) >= 11 is 0. The third-order valence-corrected chi connectivity index (χ3v) is 8.75. The molecule has 0 unspecified atom stereocenters. The molecule has 0 amide bonds. The fraction of sp³-hybridized carbons (Fsp3) is 0.886. The van der Waals surface area contributed by atoms with Crippen molar-refractivity contribution in [2.24, 2.45) is 22.7 Å². The highest BCUT2D eigenvalue weighted by molar-refractivity contribution is 4.94. The van der Waals surface area contributed by atoms with Crippen molar-refractivity contribution in [2.75, 3.05) is 52.5 Å². The summed E-state index contributed by atoms with van der Waals surface area (Å²) in [5, 5.41) is 0. The normalized spacial score (nSPS) is 19.4. The molecule has 2 saturated heterocycles. The van der Waals surface area contributed by atoms with E-state index in [9.17, 15) is 0 Å². The number of likely N-dealkylation sites (tertiary alicyclic amines) is 2. The minimum atomic E-state index is 0.330. The lowest BCUT2D eigenvalue weighted by Crippen LogP contribution is -2.35. The van der Waals surface area contributed by atoms with Crippen molar-refractivity contribution in [3.05, 3.63) is 24.2 Å². The largest absolute Gasteiger partial charge is 0.498 e. The minimum Gasteiger partial charge on any atom is -0.498 e. The first-order chi connectivity index (χ1) is 18.4. The molecule has 0 atom stereocenters. The molecule has 0 aliphatic carbocycles. The molecule has 0 N–H and O–H groups in total. The van der Waals surface area contributed by atoms with Crippen LogP contribution in [0.2, 0.25) is 0 Å². The summed E-state index contributed by atoms with van der Waals surface area (Å²) in [5.41, 5.74) is 0.671. The van der Waals surface area contributed by atoms with Crippen LogP contribution in [0.25, 0.3) is 0 Å². The summed E-state index contributed by atoms with van der Waals surface area (Å²) in [4.78, 5) is 5.30. The number of piperidine rings is 2. The summed E-state index contributed by atoms with van der Waals surface area (Å²) < 4.78 is 12.0. The van der Waals surface area contributed by atoms with E-state index in [0.717, 1.165) is 76.0 Å². The summed E-state index contributed by atoms with van der Waals surface area (Å²) in [6.07, 6.45) is 17.4. The van der Waals surface area contributed by atoms with Crippen LogP contribution < -0.4 is 0 Å². The van der Waals surface area contributed by atoms with Gasteiger partial charge in [-0.15, -0.1) is 0 Å². The van der Waals surface area contributed by atoms with E-state index in [2.05, 4.69) is 70.9 Å². The van der Waals surface area contributed by atoms with E-state index in [1.165, 1.54) is 76.9 Å². The van der Waals surface area contributed by atoms with Crippen molar-refractivity contribution >= 4 is 0 Å². The summed E-state index contributed by atoms with van der Waals surface area (Å²) in [7, 11) is 0. The van der Waals surface area contributed by atoms with Crippen molar-refractivity contribution in [1.29, 1.82) is 0 Å². The summed E-state index contributed by atoms with van der Waals surface area (Å²) in [5.74, 6) is 4.06. The van der Waals surface area contributed by atoms with Gasteiger partial charge < -0.3 is 19.3 Å². The van der Waals surface area contributed by atoms with Crippen molar-refractivity contribution < 1.29 is 9.47 Å². The van der Waals surface area contributed by atoms with E-state index >= 15 is 0 Å². The number of hydrogen-bond donors (Lipinski definition) is 0. The first kappa shape index (κ1) is 34.2. The third kappa shape index (κ3) is 16.8. The average molecular weight is 547 g/mol. The van der Waals surface area contributed by atoms with E-state index in [0.29, 0.717) is 10.8 Å². The molecule has 4 heteroatoms. The van der Waals surface area contributed by atoms with Gasteiger partial charge in [-0.1, -0.05) is 74.3 Å². The molecular weight excluding hydrogens is 480 g/mol. The lowest BCUT2D eigenvalue weighted by Gasteiger charge is -2.34. The zero-order valence-electron chi connectivity index (χ0n) is 27.3. The lowest BCUT2D eigenvalue weighted by molar-refractivity contribution is 0.137. The SMILES string of the molecule is C=C(CCN1CCC(CCCC2CCN(CC/C(=C/CC)OCCC(C)(C)C)CC2)CC1)OCCC(C)(C)C. The number of ether oxygens (including phenoxy) is 2. The maximum absolute atomic E-state index is 6.16. The second kappa shape index (κ2) is 17.7. The highest BCUT2D eigenvalue weighted by Crippen LogP contribution is 2.28. The molecule has 2 heterocycles. The van der Waals surface area contributed by atoms with Crippen LogP contribution >= 0.6 is 0 Å². The van der Waals surface area contributed by atoms with E-state index in [4.69, 9.17) is 9.47 Å². The van der Waals surface area contributed by atoms with Gasteiger partial charge in [-0.3, -0.25) is 0 Å². The molecule has 2 rings (SSSR count). The molecule has 0 bridgehead atoms. The van der Waals surface area contributed by atoms with Gasteiger partial charge in [0.1, 0.15) is 0 Å². The fourth-order valence-electron chi connectivity index (χ4n) is 5.77. The highest BCUT2D eigenvalue weighted by atomic mass is 16.5. The Labute approximate surface area is 244 Å². The predicted octanol–water partition coefficient (Wildman–Crippen LogP) is 9.07. The number of rotatable bonds is 17. The average Bonchev–Trinajstić information content (AvgIpc) is 2.86. The zero-order valence-corrected chi connectivity index (χ0v) is 27.3. The van der Waals surface area contributed by atoms with E-state index in [-0.39, 0.29) is 0 Å². The molecule has 2 aliphatic heterocycles. The van der Waals surface area contributed by atoms with E-state index < -0.39 is 0 Å². The van der Waals surface area contributed by atoms with Crippen LogP contribution in [-0.2, 0) is 9.47 Å². The lowest BCUT2D eigenvalue weighted by atomic mass is 9.87. The fourth-order valence-corrected chi connectivity index (χ4v) is 5.77. The summed E-state index contributed by atoms with van der Waals surface area (Å²) in [6.45, 7) is 29.0. The van der Waals surface area contributed by atoms with Crippen molar-refractivity contribution in [1.82, 2.24) is 9.80 Å². The maximum atomic E-state index is 6.16. The first-order valence-corrected chi connectivity index (χ1v) is 16.5. The van der Waals surface area contributed by atoms with Gasteiger partial charge in [-0.25, -0.2) is 0 Å². The monoisotopic (exact) mass is 547 g/mol. The Morgan fingerprint density at radius 3 is 1.67 bits per heavy atom. The Kier molecular flexibility index (Phi) is 15.6. The van der Waals surface area contributed by atoms with Gasteiger partial charge in [0.2, 0.25) is 0 Å². The standard InChI is InChI=1S/C35H66N2O2/c1-9-11-33(39-29-21-35(6,7)8)19-27-37-25-17-32(18-26-37)13-10-12-31-15-23-36(24-16-31)22-14-30(2)38-28-20-34(3,4)5/h11,31-32H,2,9-10,12-29H2,1,3-8H3/b33-11-. The molecule has 0 aromatic carbocycles. The molecule has 228 valence electrons. The van der Waals surface area contributed by atoms with Crippen LogP contribution in [0.15, 0.2) is 24.2 Å². The molecule has 0 saturated carbocycles. The minimum absolute atomic E-state index is 0.330. The molecule has 0 radical (unpaired) electrons.